The summed E-state index contributed by atoms with van der Waals surface area (Å²) in [6.45, 7) is 1.90. The molecule has 0 bridgehead atoms. The van der Waals surface area contributed by atoms with E-state index in [4.69, 9.17) is 5.11 Å². The maximum atomic E-state index is 9.44. The third kappa shape index (κ3) is 2.06. The Balaban J connectivity index is 2.47. The van der Waals surface area contributed by atoms with E-state index in [1.165, 1.54) is 0 Å². The lowest BCUT2D eigenvalue weighted by molar-refractivity contribution is 0.281. The molecule has 4 nitrogen and oxygen atoms in total. The van der Waals surface area contributed by atoms with E-state index in [0.29, 0.717) is 5.82 Å². The number of hydrogen-bond donors (Lipinski definition) is 3. The van der Waals surface area contributed by atoms with Crippen molar-refractivity contribution in [2.75, 3.05) is 11.9 Å². The minimum absolute atomic E-state index is 0.0386. The SMILES string of the molecule is CC(CO)Nc1nccc2ccc(O)cc12. The molecule has 2 aromatic rings. The highest BCUT2D eigenvalue weighted by molar-refractivity contribution is 5.92. The van der Waals surface area contributed by atoms with Crippen LogP contribution < -0.4 is 5.32 Å². The van der Waals surface area contributed by atoms with Crippen LogP contribution in [-0.2, 0) is 0 Å². The Bertz CT molecular complexity index is 499. The number of nitrogens with one attached hydrogen (secondary N) is 1. The summed E-state index contributed by atoms with van der Waals surface area (Å²) in [5, 5.41) is 23.4. The first-order chi connectivity index (χ1) is 7.70. The fourth-order valence-electron chi connectivity index (χ4n) is 1.55. The van der Waals surface area contributed by atoms with E-state index in [1.54, 1.807) is 18.3 Å². The highest BCUT2D eigenvalue weighted by Crippen LogP contribution is 2.25. The molecule has 0 amide bonds. The van der Waals surface area contributed by atoms with E-state index in [9.17, 15) is 5.11 Å². The molecule has 0 fully saturated rings. The zero-order valence-electron chi connectivity index (χ0n) is 9.01. The topological polar surface area (TPSA) is 65.4 Å². The first-order valence-corrected chi connectivity index (χ1v) is 5.16. The maximum Gasteiger partial charge on any atom is 0.134 e. The number of benzene rings is 1. The number of aromatic nitrogens is 1. The lowest BCUT2D eigenvalue weighted by Crippen LogP contribution is -2.20. The molecular formula is C12H14N2O2. The van der Waals surface area contributed by atoms with Crippen LogP contribution in [0.2, 0.25) is 0 Å². The molecule has 2 rings (SSSR count). The minimum Gasteiger partial charge on any atom is -0.508 e. The quantitative estimate of drug-likeness (QED) is 0.734. The molecule has 0 saturated heterocycles. The second-order valence-corrected chi connectivity index (χ2v) is 3.79. The molecule has 1 heterocycles. The summed E-state index contributed by atoms with van der Waals surface area (Å²) in [7, 11) is 0. The van der Waals surface area contributed by atoms with E-state index in [2.05, 4.69) is 10.3 Å². The summed E-state index contributed by atoms with van der Waals surface area (Å²) >= 11 is 0. The van der Waals surface area contributed by atoms with Gasteiger partial charge in [-0.05, 0) is 30.5 Å². The summed E-state index contributed by atoms with van der Waals surface area (Å²) < 4.78 is 0. The third-order valence-electron chi connectivity index (χ3n) is 2.41. The van der Waals surface area contributed by atoms with E-state index < -0.39 is 0 Å². The van der Waals surface area contributed by atoms with Gasteiger partial charge in [-0.3, -0.25) is 0 Å². The summed E-state index contributed by atoms with van der Waals surface area (Å²) in [4.78, 5) is 4.20. The monoisotopic (exact) mass is 218 g/mol. The predicted octanol–water partition coefficient (Wildman–Crippen LogP) is 1.73. The van der Waals surface area contributed by atoms with Crippen LogP contribution in [-0.4, -0.2) is 27.8 Å². The van der Waals surface area contributed by atoms with Gasteiger partial charge in [0.05, 0.1) is 6.61 Å². The number of aromatic hydroxyl groups is 1. The molecule has 0 spiro atoms. The Hall–Kier alpha value is -1.81. The number of phenols is 1. The lowest BCUT2D eigenvalue weighted by atomic mass is 10.1. The van der Waals surface area contributed by atoms with Crippen molar-refractivity contribution in [1.82, 2.24) is 4.98 Å². The molecule has 0 aliphatic heterocycles. The smallest absolute Gasteiger partial charge is 0.134 e. The number of nitrogens with zero attached hydrogens (tertiary/aromatic N) is 1. The predicted molar refractivity (Wildman–Crippen MR) is 63.6 cm³/mol. The van der Waals surface area contributed by atoms with Crippen LogP contribution in [0.3, 0.4) is 0 Å². The maximum absolute atomic E-state index is 9.44. The number of aliphatic hydroxyl groups excluding tert-OH is 1. The minimum atomic E-state index is -0.0690. The Morgan fingerprint density at radius 1 is 1.38 bits per heavy atom. The number of phenolic OH excluding ortho intramolecular Hbond substituents is 1. The van der Waals surface area contributed by atoms with Gasteiger partial charge in [-0.25, -0.2) is 4.98 Å². The Labute approximate surface area is 93.6 Å². The average Bonchev–Trinajstić information content (AvgIpc) is 2.29. The standard InChI is InChI=1S/C12H14N2O2/c1-8(7-15)14-12-11-6-10(16)3-2-9(11)4-5-13-12/h2-6,8,15-16H,7H2,1H3,(H,13,14). The summed E-state index contributed by atoms with van der Waals surface area (Å²) in [5.41, 5.74) is 0. The Morgan fingerprint density at radius 3 is 2.94 bits per heavy atom. The Kier molecular flexibility index (Phi) is 2.92. The lowest BCUT2D eigenvalue weighted by Gasteiger charge is -2.13. The number of pyridine rings is 1. The Morgan fingerprint density at radius 2 is 2.19 bits per heavy atom. The van der Waals surface area contributed by atoms with Crippen LogP contribution in [0.25, 0.3) is 10.8 Å². The molecule has 3 N–H and O–H groups in total. The second-order valence-electron chi connectivity index (χ2n) is 3.79. The van der Waals surface area contributed by atoms with Crippen molar-refractivity contribution >= 4 is 16.6 Å². The van der Waals surface area contributed by atoms with Crippen LogP contribution in [0.4, 0.5) is 5.82 Å². The average molecular weight is 218 g/mol. The normalized spacial score (nSPS) is 12.6. The number of rotatable bonds is 3. The molecule has 16 heavy (non-hydrogen) atoms. The zero-order chi connectivity index (χ0) is 11.5. The van der Waals surface area contributed by atoms with Gasteiger partial charge < -0.3 is 15.5 Å². The second kappa shape index (κ2) is 4.37. The molecule has 1 unspecified atom stereocenters. The molecule has 0 radical (unpaired) electrons. The van der Waals surface area contributed by atoms with Crippen LogP contribution >= 0.6 is 0 Å². The number of anilines is 1. The van der Waals surface area contributed by atoms with Gasteiger partial charge in [0.25, 0.3) is 0 Å². The van der Waals surface area contributed by atoms with E-state index in [0.717, 1.165) is 10.8 Å². The molecule has 1 aromatic heterocycles. The number of aliphatic hydroxyl groups is 1. The van der Waals surface area contributed by atoms with Crippen LogP contribution in [0.5, 0.6) is 5.75 Å². The summed E-state index contributed by atoms with van der Waals surface area (Å²) in [6.07, 6.45) is 1.70. The molecule has 1 atom stereocenters. The summed E-state index contributed by atoms with van der Waals surface area (Å²) in [6, 6.07) is 6.95. The van der Waals surface area contributed by atoms with Crippen LogP contribution in [0.15, 0.2) is 30.5 Å². The van der Waals surface area contributed by atoms with E-state index in [1.807, 2.05) is 19.1 Å². The van der Waals surface area contributed by atoms with Gasteiger partial charge in [0.1, 0.15) is 11.6 Å². The van der Waals surface area contributed by atoms with Crippen molar-refractivity contribution in [3.8, 4) is 5.75 Å². The van der Waals surface area contributed by atoms with Gasteiger partial charge in [0.15, 0.2) is 0 Å². The largest absolute Gasteiger partial charge is 0.508 e. The van der Waals surface area contributed by atoms with Gasteiger partial charge in [-0.1, -0.05) is 6.07 Å². The third-order valence-corrected chi connectivity index (χ3v) is 2.41. The van der Waals surface area contributed by atoms with Gasteiger partial charge in [-0.15, -0.1) is 0 Å². The summed E-state index contributed by atoms with van der Waals surface area (Å²) in [5.74, 6) is 0.884. The van der Waals surface area contributed by atoms with E-state index >= 15 is 0 Å². The fraction of sp³-hybridized carbons (Fsp3) is 0.250. The molecule has 84 valence electrons. The fourth-order valence-corrected chi connectivity index (χ4v) is 1.55. The van der Waals surface area contributed by atoms with Gasteiger partial charge in [0.2, 0.25) is 0 Å². The molecule has 1 aromatic carbocycles. The van der Waals surface area contributed by atoms with Crippen molar-refractivity contribution in [2.24, 2.45) is 0 Å². The van der Waals surface area contributed by atoms with Crippen molar-refractivity contribution in [1.29, 1.82) is 0 Å². The van der Waals surface area contributed by atoms with Gasteiger partial charge in [0, 0.05) is 17.6 Å². The first kappa shape index (κ1) is 10.7. The number of fused-ring (bicyclic) bond motifs is 1. The van der Waals surface area contributed by atoms with Crippen LogP contribution in [0.1, 0.15) is 6.92 Å². The van der Waals surface area contributed by atoms with Crippen LogP contribution in [0, 0.1) is 0 Å². The molecule has 4 heteroatoms. The first-order valence-electron chi connectivity index (χ1n) is 5.16. The van der Waals surface area contributed by atoms with Gasteiger partial charge in [-0.2, -0.15) is 0 Å². The van der Waals surface area contributed by atoms with Gasteiger partial charge >= 0.3 is 0 Å². The zero-order valence-corrected chi connectivity index (χ0v) is 9.01. The van der Waals surface area contributed by atoms with Crippen molar-refractivity contribution in [3.63, 3.8) is 0 Å². The highest BCUT2D eigenvalue weighted by atomic mass is 16.3. The highest BCUT2D eigenvalue weighted by Gasteiger charge is 2.06. The van der Waals surface area contributed by atoms with Crippen molar-refractivity contribution in [2.45, 2.75) is 13.0 Å². The van der Waals surface area contributed by atoms with Crippen molar-refractivity contribution in [3.05, 3.63) is 30.5 Å². The molecule has 0 aliphatic carbocycles. The molecular weight excluding hydrogens is 204 g/mol. The van der Waals surface area contributed by atoms with Crippen molar-refractivity contribution < 1.29 is 10.2 Å². The number of hydrogen-bond acceptors (Lipinski definition) is 4. The van der Waals surface area contributed by atoms with E-state index in [-0.39, 0.29) is 18.4 Å². The molecule has 0 saturated carbocycles. The molecule has 0 aliphatic rings.